The summed E-state index contributed by atoms with van der Waals surface area (Å²) in [6.45, 7) is 7.20. The van der Waals surface area contributed by atoms with Crippen molar-refractivity contribution in [3.05, 3.63) is 46.8 Å². The van der Waals surface area contributed by atoms with Gasteiger partial charge in [0.05, 0.1) is 19.6 Å². The number of carbonyl (C=O) groups is 3. The minimum atomic E-state index is -0.182. The minimum Gasteiger partial charge on any atom is -0.497 e. The number of carbonyl (C=O) groups excluding carboxylic acids is 3. The van der Waals surface area contributed by atoms with Gasteiger partial charge in [0.2, 0.25) is 5.91 Å². The number of hydrogen-bond donors (Lipinski definition) is 0. The Kier molecular flexibility index (Phi) is 7.42. The fourth-order valence-corrected chi connectivity index (χ4v) is 5.18. The Morgan fingerprint density at radius 3 is 2.60 bits per heavy atom. The van der Waals surface area contributed by atoms with Crippen LogP contribution in [0, 0.1) is 5.92 Å². The van der Waals surface area contributed by atoms with Crippen LogP contribution in [0.2, 0.25) is 0 Å². The summed E-state index contributed by atoms with van der Waals surface area (Å²) in [6, 6.07) is 7.11. The van der Waals surface area contributed by atoms with Crippen molar-refractivity contribution in [2.45, 2.75) is 39.7 Å². The number of likely N-dealkylation sites (tertiary alicyclic amines) is 1. The molecular weight excluding hydrogens is 446 g/mol. The van der Waals surface area contributed by atoms with Gasteiger partial charge in [0.25, 0.3) is 11.8 Å². The number of aryl methyl sites for hydroxylation is 1. The molecule has 1 fully saturated rings. The summed E-state index contributed by atoms with van der Waals surface area (Å²) in [5, 5.41) is 4.57. The van der Waals surface area contributed by atoms with E-state index in [1.807, 2.05) is 25.8 Å². The van der Waals surface area contributed by atoms with Crippen LogP contribution in [0.25, 0.3) is 0 Å². The van der Waals surface area contributed by atoms with E-state index in [1.54, 1.807) is 45.9 Å². The van der Waals surface area contributed by atoms with Crippen LogP contribution in [0.4, 0.5) is 0 Å². The first-order valence-electron chi connectivity index (χ1n) is 12.4. The molecule has 35 heavy (non-hydrogen) atoms. The predicted octanol–water partition coefficient (Wildman–Crippen LogP) is 2.35. The van der Waals surface area contributed by atoms with Gasteiger partial charge in [-0.05, 0) is 44.9 Å². The lowest BCUT2D eigenvalue weighted by Gasteiger charge is -2.34. The van der Waals surface area contributed by atoms with E-state index in [2.05, 4.69) is 5.10 Å². The normalized spacial score (nSPS) is 17.7. The molecule has 4 rings (SSSR count). The molecule has 2 aromatic rings. The number of hydrogen-bond acceptors (Lipinski definition) is 5. The highest BCUT2D eigenvalue weighted by Crippen LogP contribution is 2.27. The zero-order valence-corrected chi connectivity index (χ0v) is 21.1. The van der Waals surface area contributed by atoms with E-state index in [4.69, 9.17) is 4.74 Å². The summed E-state index contributed by atoms with van der Waals surface area (Å²) in [7, 11) is 3.42. The van der Waals surface area contributed by atoms with Crippen LogP contribution >= 0.6 is 0 Å². The van der Waals surface area contributed by atoms with E-state index in [0.29, 0.717) is 62.7 Å². The van der Waals surface area contributed by atoms with Crippen LogP contribution in [0.15, 0.2) is 24.3 Å². The second-order valence-electron chi connectivity index (χ2n) is 9.21. The molecule has 1 aromatic carbocycles. The maximum atomic E-state index is 13.6. The quantitative estimate of drug-likeness (QED) is 0.632. The van der Waals surface area contributed by atoms with Crippen molar-refractivity contribution in [2.75, 3.05) is 39.8 Å². The fraction of sp³-hybridized carbons (Fsp3) is 0.538. The molecule has 0 unspecified atom stereocenters. The van der Waals surface area contributed by atoms with E-state index < -0.39 is 0 Å². The van der Waals surface area contributed by atoms with Crippen molar-refractivity contribution in [2.24, 2.45) is 13.0 Å². The molecule has 1 aromatic heterocycles. The van der Waals surface area contributed by atoms with Crippen LogP contribution in [0.5, 0.6) is 5.75 Å². The molecular formula is C26H35N5O4. The summed E-state index contributed by atoms with van der Waals surface area (Å²) in [5.74, 6) is 0.308. The van der Waals surface area contributed by atoms with Gasteiger partial charge in [-0.15, -0.1) is 0 Å². The number of aromatic nitrogens is 2. The van der Waals surface area contributed by atoms with Crippen LogP contribution < -0.4 is 4.74 Å². The summed E-state index contributed by atoms with van der Waals surface area (Å²) in [5.41, 5.74) is 2.73. The molecule has 1 atom stereocenters. The maximum absolute atomic E-state index is 13.6. The first-order chi connectivity index (χ1) is 16.9. The largest absolute Gasteiger partial charge is 0.497 e. The monoisotopic (exact) mass is 481 g/mol. The third kappa shape index (κ3) is 4.90. The third-order valence-corrected chi connectivity index (χ3v) is 7.18. The van der Waals surface area contributed by atoms with Gasteiger partial charge in [-0.2, -0.15) is 5.10 Å². The topological polar surface area (TPSA) is 88.0 Å². The van der Waals surface area contributed by atoms with E-state index >= 15 is 0 Å². The molecule has 188 valence electrons. The molecule has 0 saturated carbocycles. The number of methoxy groups -OCH3 is 1. The number of benzene rings is 1. The highest BCUT2D eigenvalue weighted by molar-refractivity contribution is 5.96. The SMILES string of the molecule is CCN(CC)C(=O)[C@@H]1CCCN(C(=O)c2nn(C)c3c2CN(C(=O)c2cccc(OC)c2)CC3)C1. The molecule has 1 saturated heterocycles. The summed E-state index contributed by atoms with van der Waals surface area (Å²) in [4.78, 5) is 45.1. The number of ether oxygens (including phenoxy) is 1. The fourth-order valence-electron chi connectivity index (χ4n) is 5.18. The number of amides is 3. The van der Waals surface area contributed by atoms with E-state index in [-0.39, 0.29) is 23.6 Å². The highest BCUT2D eigenvalue weighted by Gasteiger charge is 2.35. The maximum Gasteiger partial charge on any atom is 0.274 e. The second-order valence-corrected chi connectivity index (χ2v) is 9.21. The molecule has 0 aliphatic carbocycles. The lowest BCUT2D eigenvalue weighted by Crippen LogP contribution is -2.47. The Balaban J connectivity index is 1.53. The van der Waals surface area contributed by atoms with E-state index in [1.165, 1.54) is 0 Å². The van der Waals surface area contributed by atoms with Gasteiger partial charge < -0.3 is 19.4 Å². The number of rotatable bonds is 6. The lowest BCUT2D eigenvalue weighted by atomic mass is 9.95. The Bertz CT molecular complexity index is 1110. The van der Waals surface area contributed by atoms with Crippen molar-refractivity contribution >= 4 is 17.7 Å². The first-order valence-corrected chi connectivity index (χ1v) is 12.4. The zero-order valence-electron chi connectivity index (χ0n) is 21.1. The van der Waals surface area contributed by atoms with Crippen molar-refractivity contribution in [1.82, 2.24) is 24.5 Å². The number of nitrogens with zero attached hydrogens (tertiary/aromatic N) is 5. The standard InChI is InChI=1S/C26H35N5O4/c1-5-29(6-2)25(33)19-10-8-13-30(16-19)26(34)23-21-17-31(14-12-22(21)28(3)27-23)24(32)18-9-7-11-20(15-18)35-4/h7,9,11,15,19H,5-6,8,10,12-14,16-17H2,1-4H3/t19-/m1/s1. The first kappa shape index (κ1) is 24.8. The van der Waals surface area contributed by atoms with Gasteiger partial charge in [-0.3, -0.25) is 19.1 Å². The second kappa shape index (κ2) is 10.5. The molecule has 9 nitrogen and oxygen atoms in total. The van der Waals surface area contributed by atoms with Gasteiger partial charge in [-0.1, -0.05) is 6.07 Å². The van der Waals surface area contributed by atoms with Crippen molar-refractivity contribution < 1.29 is 19.1 Å². The molecule has 0 N–H and O–H groups in total. The number of fused-ring (bicyclic) bond motifs is 1. The van der Waals surface area contributed by atoms with Crippen LogP contribution in [-0.4, -0.2) is 82.0 Å². The molecule has 0 spiro atoms. The van der Waals surface area contributed by atoms with Crippen molar-refractivity contribution in [3.8, 4) is 5.75 Å². The van der Waals surface area contributed by atoms with E-state index in [9.17, 15) is 14.4 Å². The average molecular weight is 482 g/mol. The van der Waals surface area contributed by atoms with Crippen LogP contribution in [0.1, 0.15) is 58.8 Å². The van der Waals surface area contributed by atoms with Gasteiger partial charge in [-0.25, -0.2) is 0 Å². The van der Waals surface area contributed by atoms with Gasteiger partial charge >= 0.3 is 0 Å². The minimum absolute atomic E-state index is 0.0975. The van der Waals surface area contributed by atoms with E-state index in [0.717, 1.165) is 24.1 Å². The average Bonchev–Trinajstić information content (AvgIpc) is 3.24. The van der Waals surface area contributed by atoms with Crippen molar-refractivity contribution in [1.29, 1.82) is 0 Å². The van der Waals surface area contributed by atoms with Crippen LogP contribution in [-0.2, 0) is 24.8 Å². The predicted molar refractivity (Wildman–Crippen MR) is 131 cm³/mol. The molecule has 3 amide bonds. The molecule has 2 aliphatic heterocycles. The Hall–Kier alpha value is -3.36. The van der Waals surface area contributed by atoms with Crippen LogP contribution in [0.3, 0.4) is 0 Å². The number of piperidine rings is 1. The summed E-state index contributed by atoms with van der Waals surface area (Å²) < 4.78 is 7.03. The smallest absolute Gasteiger partial charge is 0.274 e. The summed E-state index contributed by atoms with van der Waals surface area (Å²) in [6.07, 6.45) is 2.21. The Labute approximate surface area is 206 Å². The Morgan fingerprint density at radius 2 is 1.89 bits per heavy atom. The van der Waals surface area contributed by atoms with Gasteiger partial charge in [0.15, 0.2) is 5.69 Å². The zero-order chi connectivity index (χ0) is 25.1. The third-order valence-electron chi connectivity index (χ3n) is 7.18. The molecule has 0 bridgehead atoms. The molecule has 0 radical (unpaired) electrons. The summed E-state index contributed by atoms with van der Waals surface area (Å²) >= 11 is 0. The lowest BCUT2D eigenvalue weighted by molar-refractivity contribution is -0.136. The highest BCUT2D eigenvalue weighted by atomic mass is 16.5. The molecule has 3 heterocycles. The van der Waals surface area contributed by atoms with Gasteiger partial charge in [0, 0.05) is 63.0 Å². The molecule has 2 aliphatic rings. The van der Waals surface area contributed by atoms with Crippen molar-refractivity contribution in [3.63, 3.8) is 0 Å². The Morgan fingerprint density at radius 1 is 1.11 bits per heavy atom. The van der Waals surface area contributed by atoms with Gasteiger partial charge in [0.1, 0.15) is 5.75 Å². The molecule has 9 heteroatoms.